The first-order valence-electron chi connectivity index (χ1n) is 7.40. The quantitative estimate of drug-likeness (QED) is 0.683. The maximum atomic E-state index is 11.2. The molecule has 2 aliphatic heterocycles. The van der Waals surface area contributed by atoms with Crippen LogP contribution in [0.3, 0.4) is 0 Å². The molecule has 0 radical (unpaired) electrons. The minimum atomic E-state index is 0. The van der Waals surface area contributed by atoms with E-state index in [0.717, 1.165) is 19.4 Å². The van der Waals surface area contributed by atoms with Crippen LogP contribution in [0.2, 0.25) is 0 Å². The normalized spacial score (nSPS) is 28.0. The molecule has 21 heavy (non-hydrogen) atoms. The van der Waals surface area contributed by atoms with Crippen LogP contribution in [0.15, 0.2) is 24.3 Å². The Labute approximate surface area is 148 Å². The number of hydrogen-bond acceptors (Lipinski definition) is 3. The largest absolute Gasteiger partial charge is 1.00 e. The number of fused-ring (bicyclic) bond motifs is 2. The predicted molar refractivity (Wildman–Crippen MR) is 75.1 cm³/mol. The summed E-state index contributed by atoms with van der Waals surface area (Å²) in [6.07, 6.45) is 4.55. The summed E-state index contributed by atoms with van der Waals surface area (Å²) in [5.41, 5.74) is 1.21. The van der Waals surface area contributed by atoms with Crippen molar-refractivity contribution in [2.45, 2.75) is 57.3 Å². The molecule has 1 aromatic carbocycles. The third kappa shape index (κ3) is 4.01. The fraction of sp³-hybridized carbons (Fsp3) is 0.562. The second kappa shape index (κ2) is 7.14. The van der Waals surface area contributed by atoms with E-state index in [0.29, 0.717) is 18.1 Å². The van der Waals surface area contributed by atoms with Crippen molar-refractivity contribution in [3.8, 4) is 5.75 Å². The number of piperidine rings is 1. The van der Waals surface area contributed by atoms with Crippen molar-refractivity contribution in [3.63, 3.8) is 0 Å². The van der Waals surface area contributed by atoms with Crippen molar-refractivity contribution >= 4 is 5.91 Å². The van der Waals surface area contributed by atoms with Gasteiger partial charge in [-0.3, -0.25) is 9.69 Å². The Morgan fingerprint density at radius 1 is 1.24 bits per heavy atom. The molecule has 2 heterocycles. The van der Waals surface area contributed by atoms with E-state index in [9.17, 15) is 9.90 Å². The second-order valence-electron chi connectivity index (χ2n) is 6.07. The van der Waals surface area contributed by atoms with E-state index in [1.807, 2.05) is 12.1 Å². The first kappa shape index (κ1) is 16.8. The molecule has 1 unspecified atom stereocenters. The van der Waals surface area contributed by atoms with Gasteiger partial charge in [0.05, 0.1) is 0 Å². The SMILES string of the molecule is CC(=O)NC1C[C@H]2CC[C@@H](C1)N2Cc1ccc([O-])cc1.[Na+]. The summed E-state index contributed by atoms with van der Waals surface area (Å²) in [4.78, 5) is 13.7. The van der Waals surface area contributed by atoms with Crippen LogP contribution in [0.5, 0.6) is 5.75 Å². The number of nitrogens with zero attached hydrogens (tertiary/aromatic N) is 1. The van der Waals surface area contributed by atoms with E-state index < -0.39 is 0 Å². The van der Waals surface area contributed by atoms with Gasteiger partial charge in [0.15, 0.2) is 0 Å². The topological polar surface area (TPSA) is 55.4 Å². The molecule has 2 aliphatic rings. The summed E-state index contributed by atoms with van der Waals surface area (Å²) in [5.74, 6) is 0.148. The van der Waals surface area contributed by atoms with Crippen LogP contribution in [0.4, 0.5) is 0 Å². The Balaban J connectivity index is 0.00000161. The van der Waals surface area contributed by atoms with Crippen molar-refractivity contribution in [3.05, 3.63) is 29.8 Å². The van der Waals surface area contributed by atoms with E-state index in [4.69, 9.17) is 0 Å². The Hall–Kier alpha value is -0.550. The van der Waals surface area contributed by atoms with Crippen LogP contribution >= 0.6 is 0 Å². The van der Waals surface area contributed by atoms with E-state index in [1.54, 1.807) is 19.1 Å². The Morgan fingerprint density at radius 2 is 1.81 bits per heavy atom. The van der Waals surface area contributed by atoms with Gasteiger partial charge in [0, 0.05) is 31.6 Å². The molecule has 3 atom stereocenters. The minimum absolute atomic E-state index is 0. The maximum Gasteiger partial charge on any atom is 1.00 e. The predicted octanol–water partition coefficient (Wildman–Crippen LogP) is -1.60. The van der Waals surface area contributed by atoms with Gasteiger partial charge in [-0.05, 0) is 31.2 Å². The zero-order valence-corrected chi connectivity index (χ0v) is 14.8. The fourth-order valence-corrected chi connectivity index (χ4v) is 3.74. The molecular weight excluding hydrogens is 275 g/mol. The van der Waals surface area contributed by atoms with E-state index >= 15 is 0 Å². The van der Waals surface area contributed by atoms with Gasteiger partial charge in [-0.15, -0.1) is 5.75 Å². The van der Waals surface area contributed by atoms with Crippen molar-refractivity contribution in [2.24, 2.45) is 0 Å². The summed E-state index contributed by atoms with van der Waals surface area (Å²) in [7, 11) is 0. The maximum absolute atomic E-state index is 11.2. The van der Waals surface area contributed by atoms with Crippen molar-refractivity contribution in [1.29, 1.82) is 0 Å². The molecule has 1 N–H and O–H groups in total. The van der Waals surface area contributed by atoms with Crippen LogP contribution in [0.1, 0.15) is 38.2 Å². The summed E-state index contributed by atoms with van der Waals surface area (Å²) in [6.45, 7) is 2.52. The number of benzene rings is 1. The van der Waals surface area contributed by atoms with Gasteiger partial charge >= 0.3 is 29.6 Å². The number of nitrogens with one attached hydrogen (secondary N) is 1. The average Bonchev–Trinajstić information content (AvgIpc) is 2.63. The number of hydrogen-bond donors (Lipinski definition) is 1. The molecule has 5 heteroatoms. The summed E-state index contributed by atoms with van der Waals surface area (Å²) in [6, 6.07) is 8.62. The summed E-state index contributed by atoms with van der Waals surface area (Å²) in [5, 5.41) is 14.2. The fourth-order valence-electron chi connectivity index (χ4n) is 3.74. The van der Waals surface area contributed by atoms with Gasteiger partial charge in [-0.25, -0.2) is 0 Å². The molecule has 0 spiro atoms. The molecule has 2 bridgehead atoms. The zero-order valence-electron chi connectivity index (χ0n) is 12.8. The number of rotatable bonds is 3. The van der Waals surface area contributed by atoms with E-state index in [1.165, 1.54) is 18.4 Å². The van der Waals surface area contributed by atoms with Gasteiger partial charge in [-0.1, -0.05) is 24.3 Å². The second-order valence-corrected chi connectivity index (χ2v) is 6.07. The molecule has 2 saturated heterocycles. The molecule has 0 saturated carbocycles. The van der Waals surface area contributed by atoms with Gasteiger partial charge in [0.2, 0.25) is 5.91 Å². The summed E-state index contributed by atoms with van der Waals surface area (Å²) >= 11 is 0. The Bertz CT molecular complexity index is 478. The van der Waals surface area contributed by atoms with Crippen molar-refractivity contribution < 1.29 is 39.5 Å². The van der Waals surface area contributed by atoms with Gasteiger partial charge in [0.1, 0.15) is 0 Å². The summed E-state index contributed by atoms with van der Waals surface area (Å²) < 4.78 is 0. The minimum Gasteiger partial charge on any atom is -0.872 e. The van der Waals surface area contributed by atoms with E-state index in [-0.39, 0.29) is 41.2 Å². The molecule has 4 nitrogen and oxygen atoms in total. The van der Waals surface area contributed by atoms with Crippen LogP contribution in [0.25, 0.3) is 0 Å². The molecule has 108 valence electrons. The molecule has 0 aromatic heterocycles. The third-order valence-electron chi connectivity index (χ3n) is 4.58. The average molecular weight is 296 g/mol. The van der Waals surface area contributed by atoms with Crippen LogP contribution in [0, 0.1) is 0 Å². The standard InChI is InChI=1S/C16H22N2O2.Na/c1-11(19)17-13-8-14-4-5-15(9-13)18(14)10-12-2-6-16(20)7-3-12;/h2-3,6-7,13-15,20H,4-5,8-10H2,1H3,(H,17,19);/q;+1/p-1/t13?,14-,15+;. The molecule has 3 rings (SSSR count). The van der Waals surface area contributed by atoms with Gasteiger partial charge in [-0.2, -0.15) is 0 Å². The molecule has 1 amide bonds. The van der Waals surface area contributed by atoms with Gasteiger partial charge in [0.25, 0.3) is 0 Å². The van der Waals surface area contributed by atoms with Crippen molar-refractivity contribution in [2.75, 3.05) is 0 Å². The van der Waals surface area contributed by atoms with E-state index in [2.05, 4.69) is 10.2 Å². The van der Waals surface area contributed by atoms with Crippen LogP contribution in [-0.4, -0.2) is 28.9 Å². The number of carbonyl (C=O) groups is 1. The van der Waals surface area contributed by atoms with Crippen LogP contribution < -0.4 is 40.0 Å². The molecule has 1 aromatic rings. The van der Waals surface area contributed by atoms with Gasteiger partial charge < -0.3 is 10.4 Å². The molecule has 0 aliphatic carbocycles. The Kier molecular flexibility index (Phi) is 5.72. The number of amides is 1. The smallest absolute Gasteiger partial charge is 0.872 e. The monoisotopic (exact) mass is 296 g/mol. The third-order valence-corrected chi connectivity index (χ3v) is 4.58. The van der Waals surface area contributed by atoms with Crippen LogP contribution in [-0.2, 0) is 11.3 Å². The zero-order chi connectivity index (χ0) is 14.1. The first-order valence-corrected chi connectivity index (χ1v) is 7.40. The molecular formula is C16H21N2NaO2. The first-order chi connectivity index (χ1) is 9.61. The molecule has 2 fully saturated rings. The number of carbonyl (C=O) groups excluding carboxylic acids is 1. The Morgan fingerprint density at radius 3 is 2.33 bits per heavy atom. The van der Waals surface area contributed by atoms with Crippen molar-refractivity contribution in [1.82, 2.24) is 10.2 Å².